The minimum atomic E-state index is -4.20. The van der Waals surface area contributed by atoms with Gasteiger partial charge in [0.15, 0.2) is 0 Å². The quantitative estimate of drug-likeness (QED) is 0.293. The van der Waals surface area contributed by atoms with Crippen molar-refractivity contribution >= 4 is 50.7 Å². The molecule has 0 aliphatic rings. The summed E-state index contributed by atoms with van der Waals surface area (Å²) >= 11 is 12.3. The van der Waals surface area contributed by atoms with Crippen LogP contribution >= 0.6 is 23.2 Å². The van der Waals surface area contributed by atoms with Crippen molar-refractivity contribution in [2.24, 2.45) is 0 Å². The second-order valence-corrected chi connectivity index (χ2v) is 12.1. The Kier molecular flexibility index (Phi) is 10.8. The Hall–Kier alpha value is -3.27. The van der Waals surface area contributed by atoms with E-state index in [1.54, 1.807) is 43.3 Å². The summed E-state index contributed by atoms with van der Waals surface area (Å²) in [7, 11) is -2.67. The van der Waals surface area contributed by atoms with Gasteiger partial charge in [0.05, 0.1) is 27.7 Å². The average Bonchev–Trinajstić information content (AvgIpc) is 2.93. The number of sulfonamides is 1. The molecule has 3 rings (SSSR count). The van der Waals surface area contributed by atoms with Crippen LogP contribution in [0.1, 0.15) is 32.8 Å². The van der Waals surface area contributed by atoms with Gasteiger partial charge in [-0.1, -0.05) is 60.5 Å². The Morgan fingerprint density at radius 3 is 2.25 bits per heavy atom. The van der Waals surface area contributed by atoms with Gasteiger partial charge in [-0.3, -0.25) is 13.9 Å². The van der Waals surface area contributed by atoms with Gasteiger partial charge in [-0.2, -0.15) is 0 Å². The van der Waals surface area contributed by atoms with E-state index in [1.165, 1.54) is 42.3 Å². The first-order chi connectivity index (χ1) is 19.0. The van der Waals surface area contributed by atoms with Crippen molar-refractivity contribution in [2.45, 2.75) is 50.7 Å². The minimum absolute atomic E-state index is 0.00203. The predicted octanol–water partition coefficient (Wildman–Crippen LogP) is 5.53. The summed E-state index contributed by atoms with van der Waals surface area (Å²) in [5.74, 6) is -0.312. The maximum Gasteiger partial charge on any atom is 0.264 e. The molecule has 214 valence electrons. The summed E-state index contributed by atoms with van der Waals surface area (Å²) in [4.78, 5) is 28.7. The smallest absolute Gasteiger partial charge is 0.264 e. The van der Waals surface area contributed by atoms with Gasteiger partial charge < -0.3 is 15.0 Å². The van der Waals surface area contributed by atoms with E-state index in [0.717, 1.165) is 9.87 Å². The van der Waals surface area contributed by atoms with Gasteiger partial charge in [-0.15, -0.1) is 0 Å². The Bertz CT molecular complexity index is 1430. The number of rotatable bonds is 12. The Morgan fingerprint density at radius 1 is 0.950 bits per heavy atom. The Morgan fingerprint density at radius 2 is 1.65 bits per heavy atom. The number of halogens is 2. The molecule has 0 aliphatic heterocycles. The summed E-state index contributed by atoms with van der Waals surface area (Å²) in [5, 5.41) is 3.25. The lowest BCUT2D eigenvalue weighted by atomic mass is 10.1. The number of hydrogen-bond donors (Lipinski definition) is 1. The van der Waals surface area contributed by atoms with Crippen molar-refractivity contribution in [3.63, 3.8) is 0 Å². The molecule has 40 heavy (non-hydrogen) atoms. The Balaban J connectivity index is 2.08. The van der Waals surface area contributed by atoms with Crippen molar-refractivity contribution in [1.29, 1.82) is 0 Å². The summed E-state index contributed by atoms with van der Waals surface area (Å²) in [6, 6.07) is 18.3. The molecule has 11 heteroatoms. The highest BCUT2D eigenvalue weighted by atomic mass is 35.5. The second kappa shape index (κ2) is 13.9. The minimum Gasteiger partial charge on any atom is -0.497 e. The maximum absolute atomic E-state index is 14.1. The number of carbonyl (C=O) groups excluding carboxylic acids is 2. The number of carbonyl (C=O) groups is 2. The molecular weight excluding hydrogens is 573 g/mol. The summed E-state index contributed by atoms with van der Waals surface area (Å²) in [6.45, 7) is 4.94. The number of anilines is 1. The summed E-state index contributed by atoms with van der Waals surface area (Å²) in [5.41, 5.74) is 0.878. The highest BCUT2D eigenvalue weighted by molar-refractivity contribution is 7.92. The monoisotopic (exact) mass is 605 g/mol. The molecule has 0 bridgehead atoms. The van der Waals surface area contributed by atoms with Gasteiger partial charge >= 0.3 is 0 Å². The number of benzene rings is 3. The van der Waals surface area contributed by atoms with E-state index in [9.17, 15) is 18.0 Å². The van der Waals surface area contributed by atoms with Crippen molar-refractivity contribution in [1.82, 2.24) is 10.2 Å². The molecule has 2 amide bonds. The zero-order valence-electron chi connectivity index (χ0n) is 22.8. The predicted molar refractivity (Wildman–Crippen MR) is 158 cm³/mol. The molecule has 0 spiro atoms. The summed E-state index contributed by atoms with van der Waals surface area (Å²) < 4.78 is 34.0. The van der Waals surface area contributed by atoms with Gasteiger partial charge in [0.1, 0.15) is 18.3 Å². The molecule has 0 aliphatic carbocycles. The lowest BCUT2D eigenvalue weighted by Gasteiger charge is -2.33. The largest absolute Gasteiger partial charge is 0.497 e. The lowest BCUT2D eigenvalue weighted by Crippen LogP contribution is -2.53. The fourth-order valence-corrected chi connectivity index (χ4v) is 5.88. The molecule has 0 saturated carbocycles. The molecule has 1 atom stereocenters. The number of amides is 2. The summed E-state index contributed by atoms with van der Waals surface area (Å²) in [6.07, 6.45) is 0.312. The van der Waals surface area contributed by atoms with Crippen LogP contribution in [0.5, 0.6) is 5.75 Å². The van der Waals surface area contributed by atoms with Crippen LogP contribution < -0.4 is 14.4 Å². The SMILES string of the molecule is CCC(C(=O)NC(C)C)N(Cc1cccc(OC)c1)C(=O)CN(c1ccc(Cl)c(Cl)c1)S(=O)(=O)c1ccccc1. The third kappa shape index (κ3) is 7.68. The van der Waals surface area contributed by atoms with E-state index in [2.05, 4.69) is 5.32 Å². The fourth-order valence-electron chi connectivity index (χ4n) is 4.16. The van der Waals surface area contributed by atoms with Crippen LogP contribution in [0.2, 0.25) is 10.0 Å². The van der Waals surface area contributed by atoms with E-state index in [0.29, 0.717) is 12.2 Å². The first-order valence-corrected chi connectivity index (χ1v) is 14.9. The first kappa shape index (κ1) is 31.3. The van der Waals surface area contributed by atoms with Crippen LogP contribution in [0.4, 0.5) is 5.69 Å². The van der Waals surface area contributed by atoms with Crippen molar-refractivity contribution in [2.75, 3.05) is 18.0 Å². The van der Waals surface area contributed by atoms with E-state index < -0.39 is 28.5 Å². The molecule has 1 unspecified atom stereocenters. The molecule has 1 N–H and O–H groups in total. The molecule has 0 heterocycles. The lowest BCUT2D eigenvalue weighted by molar-refractivity contribution is -0.140. The highest BCUT2D eigenvalue weighted by Crippen LogP contribution is 2.31. The van der Waals surface area contributed by atoms with Crippen LogP contribution in [0, 0.1) is 0 Å². The zero-order chi connectivity index (χ0) is 29.4. The molecule has 0 saturated heterocycles. The van der Waals surface area contributed by atoms with Crippen molar-refractivity contribution in [3.8, 4) is 5.75 Å². The normalized spacial score (nSPS) is 12.1. The first-order valence-electron chi connectivity index (χ1n) is 12.7. The molecule has 0 fully saturated rings. The zero-order valence-corrected chi connectivity index (χ0v) is 25.1. The van der Waals surface area contributed by atoms with Crippen LogP contribution in [0.25, 0.3) is 0 Å². The standard InChI is InChI=1S/C29H33Cl2N3O5S/c1-5-27(29(36)32-20(2)3)33(18-21-10-9-11-23(16-21)39-4)28(35)19-34(22-14-15-25(30)26(31)17-22)40(37,38)24-12-7-6-8-13-24/h6-17,20,27H,5,18-19H2,1-4H3,(H,32,36). The van der Waals surface area contributed by atoms with E-state index >= 15 is 0 Å². The molecule has 8 nitrogen and oxygen atoms in total. The van der Waals surface area contributed by atoms with Gasteiger partial charge in [0, 0.05) is 12.6 Å². The van der Waals surface area contributed by atoms with Crippen LogP contribution in [0.15, 0.2) is 77.7 Å². The van der Waals surface area contributed by atoms with Gasteiger partial charge in [-0.05, 0) is 68.3 Å². The average molecular weight is 607 g/mol. The van der Waals surface area contributed by atoms with Crippen LogP contribution in [0.3, 0.4) is 0 Å². The molecular formula is C29H33Cl2N3O5S. The van der Waals surface area contributed by atoms with E-state index in [1.807, 2.05) is 19.9 Å². The third-order valence-electron chi connectivity index (χ3n) is 6.11. The second-order valence-electron chi connectivity index (χ2n) is 9.38. The topological polar surface area (TPSA) is 96.0 Å². The highest BCUT2D eigenvalue weighted by Gasteiger charge is 2.34. The van der Waals surface area contributed by atoms with Gasteiger partial charge in [-0.25, -0.2) is 8.42 Å². The number of nitrogens with one attached hydrogen (secondary N) is 1. The number of methoxy groups -OCH3 is 1. The Labute approximate surface area is 245 Å². The number of hydrogen-bond acceptors (Lipinski definition) is 5. The third-order valence-corrected chi connectivity index (χ3v) is 8.63. The molecule has 0 aromatic heterocycles. The van der Waals surface area contributed by atoms with Gasteiger partial charge in [0.2, 0.25) is 11.8 Å². The van der Waals surface area contributed by atoms with E-state index in [4.69, 9.17) is 27.9 Å². The maximum atomic E-state index is 14.1. The molecule has 3 aromatic carbocycles. The van der Waals surface area contributed by atoms with E-state index in [-0.39, 0.29) is 39.1 Å². The fraction of sp³-hybridized carbons (Fsp3) is 0.310. The van der Waals surface area contributed by atoms with Crippen LogP contribution in [-0.4, -0.2) is 50.9 Å². The molecule has 3 aromatic rings. The number of nitrogens with zero attached hydrogens (tertiary/aromatic N) is 2. The van der Waals surface area contributed by atoms with Crippen LogP contribution in [-0.2, 0) is 26.2 Å². The number of ether oxygens (including phenoxy) is 1. The van der Waals surface area contributed by atoms with Crippen molar-refractivity contribution in [3.05, 3.63) is 88.4 Å². The molecule has 0 radical (unpaired) electrons. The van der Waals surface area contributed by atoms with Crippen molar-refractivity contribution < 1.29 is 22.7 Å². The van der Waals surface area contributed by atoms with Gasteiger partial charge in [0.25, 0.3) is 10.0 Å².